The summed E-state index contributed by atoms with van der Waals surface area (Å²) in [4.78, 5) is 19.4. The molecule has 0 bridgehead atoms. The summed E-state index contributed by atoms with van der Waals surface area (Å²) in [6, 6.07) is 12.3. The zero-order valence-electron chi connectivity index (χ0n) is 16.1. The molecule has 5 nitrogen and oxygen atoms in total. The van der Waals surface area contributed by atoms with Gasteiger partial charge in [-0.15, -0.1) is 24.8 Å². The molecular weight excluding hydrogens is 429 g/mol. The number of likely N-dealkylation sites (tertiary alicyclic amines) is 1. The largest absolute Gasteiger partial charge is 0.441 e. The summed E-state index contributed by atoms with van der Waals surface area (Å²) in [5.74, 6) is 1.95. The SMILES string of the molecule is Cc1oc(-c2ccsc2)nc1CC(=O)N1C[C@@H](CN)[C@H](c2ccccc2)C1.Cl.Cl. The normalized spacial score (nSPS) is 18.2. The standard InChI is InChI=1S/C21H23N3O2S.2ClH/c1-14-19(23-21(26-14)16-7-8-27-13-16)9-20(25)24-11-17(10-22)18(12-24)15-5-3-2-4-6-15;;/h2-8,13,17-18H,9-12,22H2,1H3;2*1H/t17-,18+;;/m1../s1. The smallest absolute Gasteiger partial charge is 0.228 e. The first-order valence-electron chi connectivity index (χ1n) is 9.17. The second-order valence-electron chi connectivity index (χ2n) is 7.02. The number of oxazole rings is 1. The fourth-order valence-electron chi connectivity index (χ4n) is 3.75. The molecule has 0 aliphatic carbocycles. The van der Waals surface area contributed by atoms with Crippen molar-refractivity contribution in [2.45, 2.75) is 19.3 Å². The molecule has 1 aliphatic heterocycles. The van der Waals surface area contributed by atoms with E-state index in [0.717, 1.165) is 5.56 Å². The molecule has 1 amide bonds. The van der Waals surface area contributed by atoms with E-state index >= 15 is 0 Å². The molecule has 3 heterocycles. The summed E-state index contributed by atoms with van der Waals surface area (Å²) >= 11 is 1.60. The van der Waals surface area contributed by atoms with Crippen molar-refractivity contribution in [1.29, 1.82) is 0 Å². The number of carbonyl (C=O) groups is 1. The highest BCUT2D eigenvalue weighted by Gasteiger charge is 2.35. The van der Waals surface area contributed by atoms with Gasteiger partial charge in [-0.25, -0.2) is 4.98 Å². The molecule has 2 aromatic heterocycles. The second kappa shape index (κ2) is 10.3. The van der Waals surface area contributed by atoms with Gasteiger partial charge >= 0.3 is 0 Å². The van der Waals surface area contributed by atoms with Gasteiger partial charge in [0.05, 0.1) is 12.1 Å². The Labute approximate surface area is 187 Å². The second-order valence-corrected chi connectivity index (χ2v) is 7.80. The fourth-order valence-corrected chi connectivity index (χ4v) is 4.38. The van der Waals surface area contributed by atoms with Gasteiger partial charge in [0.1, 0.15) is 5.76 Å². The Bertz CT molecular complexity index is 915. The predicted octanol–water partition coefficient (Wildman–Crippen LogP) is 4.30. The number of aryl methyl sites for hydroxylation is 1. The van der Waals surface area contributed by atoms with Gasteiger partial charge in [-0.3, -0.25) is 4.79 Å². The molecule has 0 saturated carbocycles. The van der Waals surface area contributed by atoms with Gasteiger partial charge in [0.25, 0.3) is 0 Å². The number of benzene rings is 1. The third kappa shape index (κ3) is 5.01. The van der Waals surface area contributed by atoms with Crippen molar-refractivity contribution in [2.24, 2.45) is 11.7 Å². The number of nitrogens with two attached hydrogens (primary N) is 1. The van der Waals surface area contributed by atoms with E-state index in [2.05, 4.69) is 17.1 Å². The molecule has 1 saturated heterocycles. The molecule has 0 radical (unpaired) electrons. The van der Waals surface area contributed by atoms with Crippen LogP contribution in [0, 0.1) is 12.8 Å². The molecule has 1 aliphatic rings. The number of aromatic nitrogens is 1. The summed E-state index contributed by atoms with van der Waals surface area (Å²) in [7, 11) is 0. The quantitative estimate of drug-likeness (QED) is 0.624. The number of nitrogens with zero attached hydrogens (tertiary/aromatic N) is 2. The summed E-state index contributed by atoms with van der Waals surface area (Å²) in [6.45, 7) is 3.85. The van der Waals surface area contributed by atoms with Crippen LogP contribution in [0.5, 0.6) is 0 Å². The Morgan fingerprint density at radius 2 is 2.00 bits per heavy atom. The lowest BCUT2D eigenvalue weighted by Gasteiger charge is -2.16. The van der Waals surface area contributed by atoms with Crippen molar-refractivity contribution in [3.8, 4) is 11.5 Å². The van der Waals surface area contributed by atoms with E-state index < -0.39 is 0 Å². The molecule has 29 heavy (non-hydrogen) atoms. The molecule has 0 spiro atoms. The van der Waals surface area contributed by atoms with Crippen LogP contribution in [-0.4, -0.2) is 35.4 Å². The van der Waals surface area contributed by atoms with Crippen molar-refractivity contribution in [3.63, 3.8) is 0 Å². The third-order valence-electron chi connectivity index (χ3n) is 5.30. The minimum atomic E-state index is 0. The third-order valence-corrected chi connectivity index (χ3v) is 5.99. The van der Waals surface area contributed by atoms with Gasteiger partial charge in [0.2, 0.25) is 11.8 Å². The molecule has 0 unspecified atom stereocenters. The Balaban J connectivity index is 0.00000150. The zero-order chi connectivity index (χ0) is 18.8. The number of carbonyl (C=O) groups excluding carboxylic acids is 1. The van der Waals surface area contributed by atoms with Gasteiger partial charge in [0.15, 0.2) is 0 Å². The van der Waals surface area contributed by atoms with Crippen LogP contribution in [0.3, 0.4) is 0 Å². The average molecular weight is 454 g/mol. The number of hydrogen-bond acceptors (Lipinski definition) is 5. The van der Waals surface area contributed by atoms with E-state index in [9.17, 15) is 4.79 Å². The van der Waals surface area contributed by atoms with Gasteiger partial charge in [-0.1, -0.05) is 30.3 Å². The first-order valence-corrected chi connectivity index (χ1v) is 10.1. The molecule has 3 aromatic rings. The van der Waals surface area contributed by atoms with Gasteiger partial charge < -0.3 is 15.1 Å². The maximum Gasteiger partial charge on any atom is 0.228 e. The highest BCUT2D eigenvalue weighted by Crippen LogP contribution is 2.32. The number of hydrogen-bond donors (Lipinski definition) is 1. The number of amides is 1. The monoisotopic (exact) mass is 453 g/mol. The molecule has 8 heteroatoms. The van der Waals surface area contributed by atoms with Crippen LogP contribution in [0.4, 0.5) is 0 Å². The summed E-state index contributed by atoms with van der Waals surface area (Å²) < 4.78 is 5.76. The highest BCUT2D eigenvalue weighted by molar-refractivity contribution is 7.08. The summed E-state index contributed by atoms with van der Waals surface area (Å²) in [5, 5.41) is 3.98. The first kappa shape index (κ1) is 23.4. The van der Waals surface area contributed by atoms with Crippen LogP contribution < -0.4 is 5.73 Å². The lowest BCUT2D eigenvalue weighted by Crippen LogP contribution is -2.31. The molecular formula is C21H25Cl2N3O2S. The van der Waals surface area contributed by atoms with E-state index in [1.807, 2.05) is 46.8 Å². The van der Waals surface area contributed by atoms with Crippen LogP contribution in [0.25, 0.3) is 11.5 Å². The van der Waals surface area contributed by atoms with E-state index in [0.29, 0.717) is 42.9 Å². The van der Waals surface area contributed by atoms with Gasteiger partial charge in [0, 0.05) is 30.0 Å². The van der Waals surface area contributed by atoms with Crippen molar-refractivity contribution >= 4 is 42.1 Å². The van der Waals surface area contributed by atoms with Gasteiger partial charge in [-0.2, -0.15) is 11.3 Å². The number of rotatable bonds is 5. The molecule has 4 rings (SSSR count). The summed E-state index contributed by atoms with van der Waals surface area (Å²) in [5.41, 5.74) is 8.91. The molecule has 1 fully saturated rings. The summed E-state index contributed by atoms with van der Waals surface area (Å²) in [6.07, 6.45) is 0.262. The van der Waals surface area contributed by atoms with Crippen LogP contribution >= 0.6 is 36.2 Å². The van der Waals surface area contributed by atoms with E-state index in [1.54, 1.807) is 11.3 Å². The van der Waals surface area contributed by atoms with Crippen LogP contribution in [-0.2, 0) is 11.2 Å². The average Bonchev–Trinajstić information content (AvgIpc) is 3.42. The van der Waals surface area contributed by atoms with E-state index in [4.69, 9.17) is 10.2 Å². The minimum absolute atomic E-state index is 0. The lowest BCUT2D eigenvalue weighted by atomic mass is 9.89. The van der Waals surface area contributed by atoms with Crippen LogP contribution in [0.1, 0.15) is 22.9 Å². The highest BCUT2D eigenvalue weighted by atomic mass is 35.5. The van der Waals surface area contributed by atoms with Crippen molar-refractivity contribution in [2.75, 3.05) is 19.6 Å². The number of thiophene rings is 1. The maximum atomic E-state index is 12.9. The lowest BCUT2D eigenvalue weighted by molar-refractivity contribution is -0.129. The number of halogens is 2. The van der Waals surface area contributed by atoms with Crippen molar-refractivity contribution < 1.29 is 9.21 Å². The molecule has 1 aromatic carbocycles. The fraction of sp³-hybridized carbons (Fsp3) is 0.333. The Hall–Kier alpha value is -1.86. The predicted molar refractivity (Wildman–Crippen MR) is 121 cm³/mol. The topological polar surface area (TPSA) is 72.4 Å². The van der Waals surface area contributed by atoms with Gasteiger partial charge in [-0.05, 0) is 36.4 Å². The maximum absolute atomic E-state index is 12.9. The van der Waals surface area contributed by atoms with Crippen LogP contribution in [0.15, 0.2) is 51.6 Å². The molecule has 2 atom stereocenters. The van der Waals surface area contributed by atoms with E-state index in [1.165, 1.54) is 5.56 Å². The molecule has 156 valence electrons. The minimum Gasteiger partial charge on any atom is -0.441 e. The molecule has 2 N–H and O–H groups in total. The van der Waals surface area contributed by atoms with Crippen molar-refractivity contribution in [3.05, 3.63) is 64.2 Å². The zero-order valence-corrected chi connectivity index (χ0v) is 18.6. The van der Waals surface area contributed by atoms with Crippen molar-refractivity contribution in [1.82, 2.24) is 9.88 Å². The van der Waals surface area contributed by atoms with E-state index in [-0.39, 0.29) is 43.1 Å². The Morgan fingerprint density at radius 3 is 2.66 bits per heavy atom. The first-order chi connectivity index (χ1) is 13.2. The Kier molecular flexibility index (Phi) is 8.28. The Morgan fingerprint density at radius 1 is 1.24 bits per heavy atom. The van der Waals surface area contributed by atoms with Crippen LogP contribution in [0.2, 0.25) is 0 Å².